The van der Waals surface area contributed by atoms with Crippen LogP contribution in [0.1, 0.15) is 27.7 Å². The number of nitrogens with zero attached hydrogens (tertiary/aromatic N) is 1. The third-order valence-electron chi connectivity index (χ3n) is 2.20. The molecule has 0 aliphatic heterocycles. The van der Waals surface area contributed by atoms with E-state index in [4.69, 9.17) is 0 Å². The van der Waals surface area contributed by atoms with E-state index in [-0.39, 0.29) is 5.95 Å². The number of pyridine rings is 1. The second-order valence-electron chi connectivity index (χ2n) is 3.22. The molecule has 0 fully saturated rings. The van der Waals surface area contributed by atoms with Crippen molar-refractivity contribution in [1.29, 1.82) is 0 Å². The van der Waals surface area contributed by atoms with Crippen molar-refractivity contribution in [3.63, 3.8) is 0 Å². The van der Waals surface area contributed by atoms with E-state index in [2.05, 4.69) is 0 Å². The maximum atomic E-state index is 13.2. The summed E-state index contributed by atoms with van der Waals surface area (Å²) in [6.07, 6.45) is 1.72. The highest BCUT2D eigenvalue weighted by atomic mass is 19.1. The molecule has 1 aromatic heterocycles. The molecular weight excluding hydrogens is 225 g/mol. The molecule has 0 aliphatic rings. The van der Waals surface area contributed by atoms with Gasteiger partial charge in [0, 0.05) is 12.1 Å². The summed E-state index contributed by atoms with van der Waals surface area (Å²) in [5, 5.41) is 0. The Bertz CT molecular complexity index is 438. The topological polar surface area (TPSA) is 3.88 Å². The van der Waals surface area contributed by atoms with Crippen LogP contribution in [0.3, 0.4) is 0 Å². The molecule has 2 aromatic rings. The van der Waals surface area contributed by atoms with Gasteiger partial charge in [-0.15, -0.1) is 4.39 Å². The number of hydrogen-bond acceptors (Lipinski definition) is 0. The maximum Gasteiger partial charge on any atom is 0.359 e. The first kappa shape index (κ1) is 16.3. The number of halogens is 1. The number of aromatic nitrogens is 1. The largest absolute Gasteiger partial charge is 0.359 e. The predicted octanol–water partition coefficient (Wildman–Crippen LogP) is 4.37. The minimum atomic E-state index is -0.230. The van der Waals surface area contributed by atoms with Crippen LogP contribution in [0.5, 0.6) is 0 Å². The van der Waals surface area contributed by atoms with Crippen molar-refractivity contribution < 1.29 is 8.96 Å². The van der Waals surface area contributed by atoms with Gasteiger partial charge in [-0.3, -0.25) is 0 Å². The molecule has 0 atom stereocenters. The molecule has 0 saturated carbocycles. The Labute approximate surface area is 110 Å². The fourth-order valence-corrected chi connectivity index (χ4v) is 1.35. The summed E-state index contributed by atoms with van der Waals surface area (Å²) < 4.78 is 14.7. The van der Waals surface area contributed by atoms with Crippen LogP contribution in [0.15, 0.2) is 48.7 Å². The zero-order valence-corrected chi connectivity index (χ0v) is 11.9. The molecule has 2 heteroatoms. The van der Waals surface area contributed by atoms with Gasteiger partial charge in [0.15, 0.2) is 6.20 Å². The Morgan fingerprint density at radius 1 is 0.833 bits per heavy atom. The van der Waals surface area contributed by atoms with E-state index in [1.54, 1.807) is 13.2 Å². The van der Waals surface area contributed by atoms with Gasteiger partial charge in [0.1, 0.15) is 7.05 Å². The van der Waals surface area contributed by atoms with Crippen LogP contribution in [0, 0.1) is 5.95 Å². The highest BCUT2D eigenvalue weighted by molar-refractivity contribution is 5.61. The summed E-state index contributed by atoms with van der Waals surface area (Å²) in [6, 6.07) is 13.2. The molecule has 1 nitrogen and oxygen atoms in total. The molecule has 0 aliphatic carbocycles. The lowest BCUT2D eigenvalue weighted by molar-refractivity contribution is -0.700. The minimum Gasteiger partial charge on any atom is -0.176 e. The van der Waals surface area contributed by atoms with E-state index >= 15 is 0 Å². The van der Waals surface area contributed by atoms with Gasteiger partial charge >= 0.3 is 5.95 Å². The van der Waals surface area contributed by atoms with E-state index in [1.807, 2.05) is 64.1 Å². The second-order valence-corrected chi connectivity index (χ2v) is 3.22. The fourth-order valence-electron chi connectivity index (χ4n) is 1.35. The summed E-state index contributed by atoms with van der Waals surface area (Å²) >= 11 is 0. The Morgan fingerprint density at radius 3 is 1.89 bits per heavy atom. The Balaban J connectivity index is 0.000000659. The zero-order valence-electron chi connectivity index (χ0n) is 11.9. The lowest BCUT2D eigenvalue weighted by Crippen LogP contribution is -2.31. The predicted molar refractivity (Wildman–Crippen MR) is 75.7 cm³/mol. The zero-order chi connectivity index (χ0) is 14.0. The smallest absolute Gasteiger partial charge is 0.176 e. The van der Waals surface area contributed by atoms with Crippen molar-refractivity contribution in [2.45, 2.75) is 27.7 Å². The highest BCUT2D eigenvalue weighted by Gasteiger charge is 2.06. The van der Waals surface area contributed by atoms with Crippen molar-refractivity contribution in [1.82, 2.24) is 0 Å². The Kier molecular flexibility index (Phi) is 8.46. The highest BCUT2D eigenvalue weighted by Crippen LogP contribution is 2.17. The molecule has 0 saturated heterocycles. The molecular formula is C16H23FN+. The van der Waals surface area contributed by atoms with Crippen molar-refractivity contribution in [3.05, 3.63) is 54.6 Å². The monoisotopic (exact) mass is 248 g/mol. The van der Waals surface area contributed by atoms with Crippen LogP contribution >= 0.6 is 0 Å². The molecule has 1 heterocycles. The van der Waals surface area contributed by atoms with E-state index in [0.29, 0.717) is 0 Å². The first-order valence-corrected chi connectivity index (χ1v) is 6.48. The van der Waals surface area contributed by atoms with E-state index in [0.717, 1.165) is 11.1 Å². The van der Waals surface area contributed by atoms with Crippen LogP contribution in [-0.2, 0) is 7.05 Å². The second kappa shape index (κ2) is 9.34. The number of hydrogen-bond donors (Lipinski definition) is 0. The summed E-state index contributed by atoms with van der Waals surface area (Å²) in [6.45, 7) is 8.00. The normalized spacial score (nSPS) is 8.56. The van der Waals surface area contributed by atoms with Crippen LogP contribution < -0.4 is 4.57 Å². The van der Waals surface area contributed by atoms with Gasteiger partial charge in [-0.2, -0.15) is 4.57 Å². The first-order valence-electron chi connectivity index (χ1n) is 6.48. The quantitative estimate of drug-likeness (QED) is 0.521. The maximum absolute atomic E-state index is 13.2. The minimum absolute atomic E-state index is 0.230. The first-order chi connectivity index (χ1) is 8.77. The molecule has 0 radical (unpaired) electrons. The van der Waals surface area contributed by atoms with Crippen molar-refractivity contribution in [2.24, 2.45) is 7.05 Å². The molecule has 2 rings (SSSR count). The van der Waals surface area contributed by atoms with Crippen LogP contribution in [-0.4, -0.2) is 0 Å². The van der Waals surface area contributed by atoms with Gasteiger partial charge in [0.05, 0.1) is 0 Å². The van der Waals surface area contributed by atoms with Gasteiger partial charge < -0.3 is 0 Å². The van der Waals surface area contributed by atoms with Crippen LogP contribution in [0.4, 0.5) is 4.39 Å². The van der Waals surface area contributed by atoms with Crippen molar-refractivity contribution in [2.75, 3.05) is 0 Å². The summed E-state index contributed by atoms with van der Waals surface area (Å²) in [5.41, 5.74) is 1.94. The molecule has 0 N–H and O–H groups in total. The van der Waals surface area contributed by atoms with Gasteiger partial charge in [-0.1, -0.05) is 58.0 Å². The van der Waals surface area contributed by atoms with E-state index in [9.17, 15) is 4.39 Å². The lowest BCUT2D eigenvalue weighted by atomic mass is 10.1. The molecule has 0 amide bonds. The van der Waals surface area contributed by atoms with Gasteiger partial charge in [0.25, 0.3) is 0 Å². The van der Waals surface area contributed by atoms with Crippen LogP contribution in [0.25, 0.3) is 11.1 Å². The number of benzene rings is 1. The van der Waals surface area contributed by atoms with E-state index < -0.39 is 0 Å². The summed E-state index contributed by atoms with van der Waals surface area (Å²) in [7, 11) is 1.68. The van der Waals surface area contributed by atoms with Gasteiger partial charge in [-0.05, 0) is 11.1 Å². The van der Waals surface area contributed by atoms with E-state index in [1.165, 1.54) is 10.6 Å². The molecule has 18 heavy (non-hydrogen) atoms. The summed E-state index contributed by atoms with van der Waals surface area (Å²) in [4.78, 5) is 0. The molecule has 0 unspecified atom stereocenters. The molecule has 0 bridgehead atoms. The number of rotatable bonds is 1. The van der Waals surface area contributed by atoms with Crippen molar-refractivity contribution in [3.8, 4) is 11.1 Å². The third-order valence-corrected chi connectivity index (χ3v) is 2.20. The Hall–Kier alpha value is -1.70. The fraction of sp³-hybridized carbons (Fsp3) is 0.312. The SMILES string of the molecule is CC.CC.C[n+]1ccc(-c2ccccc2)cc1F. The van der Waals surface area contributed by atoms with Gasteiger partial charge in [-0.25, -0.2) is 0 Å². The molecule has 98 valence electrons. The Morgan fingerprint density at radius 2 is 1.39 bits per heavy atom. The average Bonchev–Trinajstić information content (AvgIpc) is 2.47. The third kappa shape index (κ3) is 4.66. The van der Waals surface area contributed by atoms with Crippen molar-refractivity contribution >= 4 is 0 Å². The van der Waals surface area contributed by atoms with Crippen LogP contribution in [0.2, 0.25) is 0 Å². The average molecular weight is 248 g/mol. The molecule has 1 aromatic carbocycles. The lowest BCUT2D eigenvalue weighted by Gasteiger charge is -1.99. The standard InChI is InChI=1S/C12H11FN.2C2H6/c1-14-8-7-11(9-12(14)13)10-5-3-2-4-6-10;2*1-2/h2-9H,1H3;2*1-2H3/q+1;;. The summed E-state index contributed by atoms with van der Waals surface area (Å²) in [5.74, 6) is -0.230. The molecule has 0 spiro atoms. The van der Waals surface area contributed by atoms with Gasteiger partial charge in [0.2, 0.25) is 0 Å². The number of aryl methyl sites for hydroxylation is 1.